The van der Waals surface area contributed by atoms with Gasteiger partial charge in [-0.25, -0.2) is 0 Å². The molecule has 86 valence electrons. The molecule has 3 nitrogen and oxygen atoms in total. The van der Waals surface area contributed by atoms with Gasteiger partial charge in [-0.3, -0.25) is 4.98 Å². The van der Waals surface area contributed by atoms with Gasteiger partial charge >= 0.3 is 0 Å². The molecule has 2 N–H and O–H groups in total. The Bertz CT molecular complexity index is 369. The molecule has 0 saturated heterocycles. The number of rotatable bonds is 0. The third kappa shape index (κ3) is 1.75. The Morgan fingerprint density at radius 3 is 2.81 bits per heavy atom. The molecule has 0 radical (unpaired) electrons. The van der Waals surface area contributed by atoms with Gasteiger partial charge in [-0.1, -0.05) is 19.3 Å². The summed E-state index contributed by atoms with van der Waals surface area (Å²) < 4.78 is 0. The molecule has 1 aliphatic heterocycles. The summed E-state index contributed by atoms with van der Waals surface area (Å²) in [5, 5.41) is 7.24. The Kier molecular flexibility index (Phi) is 2.46. The van der Waals surface area contributed by atoms with Crippen molar-refractivity contribution >= 4 is 11.4 Å². The van der Waals surface area contributed by atoms with Crippen molar-refractivity contribution in [3.05, 3.63) is 18.5 Å². The second kappa shape index (κ2) is 3.96. The molecule has 0 bridgehead atoms. The van der Waals surface area contributed by atoms with Crippen LogP contribution >= 0.6 is 0 Å². The molecule has 1 spiro atoms. The molecule has 0 aromatic carbocycles. The van der Waals surface area contributed by atoms with E-state index in [4.69, 9.17) is 0 Å². The SMILES string of the molecule is c1cc2c(cn1)NCCC1(CCCCC1)N2. The fourth-order valence-electron chi connectivity index (χ4n) is 3.03. The molecular formula is C13H19N3. The van der Waals surface area contributed by atoms with Crippen LogP contribution in [0.2, 0.25) is 0 Å². The molecule has 0 unspecified atom stereocenters. The topological polar surface area (TPSA) is 37.0 Å². The van der Waals surface area contributed by atoms with E-state index >= 15 is 0 Å². The highest BCUT2D eigenvalue weighted by Gasteiger charge is 2.33. The number of pyridine rings is 1. The first-order valence-electron chi connectivity index (χ1n) is 6.34. The summed E-state index contributed by atoms with van der Waals surface area (Å²) in [6.45, 7) is 1.06. The van der Waals surface area contributed by atoms with Crippen LogP contribution < -0.4 is 10.6 Å². The second-order valence-electron chi connectivity index (χ2n) is 5.06. The molecule has 16 heavy (non-hydrogen) atoms. The van der Waals surface area contributed by atoms with Gasteiger partial charge in [0.05, 0.1) is 17.6 Å². The maximum atomic E-state index is 4.17. The first kappa shape index (κ1) is 9.94. The molecule has 0 atom stereocenters. The molecule has 2 heterocycles. The van der Waals surface area contributed by atoms with Crippen LogP contribution in [0.15, 0.2) is 18.5 Å². The number of aromatic nitrogens is 1. The van der Waals surface area contributed by atoms with Crippen LogP contribution in [0.5, 0.6) is 0 Å². The number of hydrogen-bond donors (Lipinski definition) is 2. The number of hydrogen-bond acceptors (Lipinski definition) is 3. The quantitative estimate of drug-likeness (QED) is 0.701. The van der Waals surface area contributed by atoms with E-state index in [1.165, 1.54) is 44.2 Å². The van der Waals surface area contributed by atoms with Crippen LogP contribution in [-0.4, -0.2) is 17.1 Å². The van der Waals surface area contributed by atoms with E-state index in [1.54, 1.807) is 0 Å². The van der Waals surface area contributed by atoms with E-state index in [0.717, 1.165) is 12.2 Å². The average Bonchev–Trinajstić information content (AvgIpc) is 2.49. The first-order valence-corrected chi connectivity index (χ1v) is 6.34. The molecule has 1 aromatic rings. The summed E-state index contributed by atoms with van der Waals surface area (Å²) in [6, 6.07) is 2.09. The van der Waals surface area contributed by atoms with Gasteiger partial charge < -0.3 is 10.6 Å². The van der Waals surface area contributed by atoms with Gasteiger partial charge in [0.25, 0.3) is 0 Å². The van der Waals surface area contributed by atoms with E-state index < -0.39 is 0 Å². The van der Waals surface area contributed by atoms with Gasteiger partial charge in [0.15, 0.2) is 0 Å². The van der Waals surface area contributed by atoms with Crippen molar-refractivity contribution in [2.24, 2.45) is 0 Å². The monoisotopic (exact) mass is 217 g/mol. The minimum Gasteiger partial charge on any atom is -0.382 e. The van der Waals surface area contributed by atoms with Gasteiger partial charge in [-0.2, -0.15) is 0 Å². The van der Waals surface area contributed by atoms with Crippen LogP contribution in [0.3, 0.4) is 0 Å². The van der Waals surface area contributed by atoms with Crippen molar-refractivity contribution in [3.63, 3.8) is 0 Å². The van der Waals surface area contributed by atoms with Gasteiger partial charge in [0.1, 0.15) is 0 Å². The standard InChI is InChI=1S/C13H19N3/c1-2-5-13(6-3-1)7-9-15-12-10-14-8-4-11(12)16-13/h4,8,10,15-16H,1-3,5-7,9H2. The summed E-state index contributed by atoms with van der Waals surface area (Å²) in [7, 11) is 0. The van der Waals surface area contributed by atoms with Crippen LogP contribution in [0.4, 0.5) is 11.4 Å². The fourth-order valence-corrected chi connectivity index (χ4v) is 3.03. The van der Waals surface area contributed by atoms with Crippen LogP contribution in [0.25, 0.3) is 0 Å². The maximum absolute atomic E-state index is 4.17. The molecule has 1 fully saturated rings. The third-order valence-corrected chi connectivity index (χ3v) is 3.95. The smallest absolute Gasteiger partial charge is 0.0762 e. The van der Waals surface area contributed by atoms with Crippen molar-refractivity contribution in [2.45, 2.75) is 44.1 Å². The lowest BCUT2D eigenvalue weighted by atomic mass is 9.79. The molecule has 0 amide bonds. The Hall–Kier alpha value is -1.25. The Labute approximate surface area is 96.7 Å². The van der Waals surface area contributed by atoms with Gasteiger partial charge in [0.2, 0.25) is 0 Å². The van der Waals surface area contributed by atoms with E-state index in [-0.39, 0.29) is 0 Å². The van der Waals surface area contributed by atoms with Crippen molar-refractivity contribution in [1.82, 2.24) is 4.98 Å². The molecule has 3 rings (SSSR count). The first-order chi connectivity index (χ1) is 7.88. The van der Waals surface area contributed by atoms with Crippen LogP contribution in [0.1, 0.15) is 38.5 Å². The Morgan fingerprint density at radius 2 is 1.94 bits per heavy atom. The highest BCUT2D eigenvalue weighted by molar-refractivity contribution is 5.69. The molecular weight excluding hydrogens is 198 g/mol. The number of nitrogens with zero attached hydrogens (tertiary/aromatic N) is 1. The Balaban J connectivity index is 1.89. The van der Waals surface area contributed by atoms with Gasteiger partial charge in [0, 0.05) is 18.3 Å². The van der Waals surface area contributed by atoms with Crippen LogP contribution in [-0.2, 0) is 0 Å². The third-order valence-electron chi connectivity index (χ3n) is 3.95. The molecule has 1 aromatic heterocycles. The number of nitrogens with one attached hydrogen (secondary N) is 2. The van der Waals surface area contributed by atoms with E-state index in [1.807, 2.05) is 12.4 Å². The maximum Gasteiger partial charge on any atom is 0.0762 e. The minimum absolute atomic E-state index is 0.345. The molecule has 2 aliphatic rings. The largest absolute Gasteiger partial charge is 0.382 e. The summed E-state index contributed by atoms with van der Waals surface area (Å²) >= 11 is 0. The van der Waals surface area contributed by atoms with E-state index in [9.17, 15) is 0 Å². The van der Waals surface area contributed by atoms with Crippen LogP contribution in [0, 0.1) is 0 Å². The molecule has 1 saturated carbocycles. The van der Waals surface area contributed by atoms with Crippen molar-refractivity contribution in [1.29, 1.82) is 0 Å². The van der Waals surface area contributed by atoms with E-state index in [0.29, 0.717) is 5.54 Å². The highest BCUT2D eigenvalue weighted by Crippen LogP contribution is 2.38. The highest BCUT2D eigenvalue weighted by atomic mass is 15.1. The van der Waals surface area contributed by atoms with Crippen molar-refractivity contribution in [2.75, 3.05) is 17.2 Å². The number of fused-ring (bicyclic) bond motifs is 1. The van der Waals surface area contributed by atoms with E-state index in [2.05, 4.69) is 21.7 Å². The summed E-state index contributed by atoms with van der Waals surface area (Å²) in [5.41, 5.74) is 2.73. The summed E-state index contributed by atoms with van der Waals surface area (Å²) in [4.78, 5) is 4.17. The van der Waals surface area contributed by atoms with Crippen molar-refractivity contribution < 1.29 is 0 Å². The summed E-state index contributed by atoms with van der Waals surface area (Å²) in [6.07, 6.45) is 11.8. The molecule has 1 aliphatic carbocycles. The normalized spacial score (nSPS) is 22.8. The zero-order chi connectivity index (χ0) is 10.8. The second-order valence-corrected chi connectivity index (χ2v) is 5.06. The van der Waals surface area contributed by atoms with Gasteiger partial charge in [-0.05, 0) is 25.3 Å². The lowest BCUT2D eigenvalue weighted by molar-refractivity contribution is 0.313. The van der Waals surface area contributed by atoms with Gasteiger partial charge in [-0.15, -0.1) is 0 Å². The molecule has 3 heteroatoms. The average molecular weight is 217 g/mol. The lowest BCUT2D eigenvalue weighted by Crippen LogP contribution is -2.40. The Morgan fingerprint density at radius 1 is 1.06 bits per heavy atom. The number of anilines is 2. The van der Waals surface area contributed by atoms with Crippen molar-refractivity contribution in [3.8, 4) is 0 Å². The minimum atomic E-state index is 0.345. The zero-order valence-corrected chi connectivity index (χ0v) is 9.63. The predicted molar refractivity (Wildman–Crippen MR) is 66.8 cm³/mol. The zero-order valence-electron chi connectivity index (χ0n) is 9.63. The summed E-state index contributed by atoms with van der Waals surface area (Å²) in [5.74, 6) is 0. The predicted octanol–water partition coefficient (Wildman–Crippen LogP) is 3.01. The lowest BCUT2D eigenvalue weighted by Gasteiger charge is -2.38. The fraction of sp³-hybridized carbons (Fsp3) is 0.615.